The van der Waals surface area contributed by atoms with E-state index >= 15 is 0 Å². The molecule has 3 aromatic rings. The van der Waals surface area contributed by atoms with E-state index in [1.807, 2.05) is 0 Å². The fraction of sp³-hybridized carbons (Fsp3) is 0.435. The first-order valence-electron chi connectivity index (χ1n) is 10.0. The Morgan fingerprint density at radius 1 is 1.00 bits per heavy atom. The molecule has 134 valence electrons. The Bertz CT molecular complexity index is 898. The lowest BCUT2D eigenvalue weighted by Gasteiger charge is -2.37. The summed E-state index contributed by atoms with van der Waals surface area (Å²) in [6.45, 7) is 4.51. The van der Waals surface area contributed by atoms with E-state index in [2.05, 4.69) is 71.0 Å². The normalized spacial score (nSPS) is 26.3. The van der Waals surface area contributed by atoms with Gasteiger partial charge in [-0.25, -0.2) is 4.98 Å². The zero-order valence-corrected chi connectivity index (χ0v) is 15.5. The van der Waals surface area contributed by atoms with Crippen LogP contribution in [0.2, 0.25) is 0 Å². The summed E-state index contributed by atoms with van der Waals surface area (Å²) >= 11 is 0. The molecule has 0 radical (unpaired) electrons. The van der Waals surface area contributed by atoms with Gasteiger partial charge in [0.1, 0.15) is 5.82 Å². The van der Waals surface area contributed by atoms with Gasteiger partial charge in [-0.05, 0) is 62.8 Å². The van der Waals surface area contributed by atoms with Crippen molar-refractivity contribution in [3.63, 3.8) is 0 Å². The third-order valence-electron chi connectivity index (χ3n) is 6.49. The van der Waals surface area contributed by atoms with Crippen molar-refractivity contribution in [3.8, 4) is 0 Å². The van der Waals surface area contributed by atoms with E-state index in [1.165, 1.54) is 49.1 Å². The second-order valence-electron chi connectivity index (χ2n) is 8.07. The first-order valence-corrected chi connectivity index (χ1v) is 10.0. The Hall–Kier alpha value is -2.13. The van der Waals surface area contributed by atoms with E-state index < -0.39 is 0 Å². The second kappa shape index (κ2) is 6.55. The monoisotopic (exact) mass is 345 g/mol. The van der Waals surface area contributed by atoms with Gasteiger partial charge in [0.2, 0.25) is 0 Å². The second-order valence-corrected chi connectivity index (χ2v) is 8.07. The van der Waals surface area contributed by atoms with Crippen molar-refractivity contribution in [2.75, 3.05) is 6.54 Å². The Labute approximate surface area is 155 Å². The lowest BCUT2D eigenvalue weighted by Crippen LogP contribution is -2.41. The lowest BCUT2D eigenvalue weighted by atomic mass is 9.91. The Morgan fingerprint density at radius 3 is 2.69 bits per heavy atom. The van der Waals surface area contributed by atoms with Gasteiger partial charge in [-0.1, -0.05) is 42.5 Å². The molecule has 0 amide bonds. The van der Waals surface area contributed by atoms with Gasteiger partial charge < -0.3 is 4.57 Å². The highest BCUT2D eigenvalue weighted by Gasteiger charge is 2.41. The SMILES string of the molecule is Cc1nc2ccccc2n1C1CC2CCCN(Cc3ccccc3)C2C1. The van der Waals surface area contributed by atoms with Crippen molar-refractivity contribution in [1.82, 2.24) is 14.5 Å². The molecule has 0 bridgehead atoms. The van der Waals surface area contributed by atoms with Crippen molar-refractivity contribution in [2.45, 2.75) is 51.2 Å². The summed E-state index contributed by atoms with van der Waals surface area (Å²) in [4.78, 5) is 7.56. The summed E-state index contributed by atoms with van der Waals surface area (Å²) < 4.78 is 2.52. The quantitative estimate of drug-likeness (QED) is 0.669. The minimum absolute atomic E-state index is 0.591. The molecule has 2 aliphatic rings. The number of hydrogen-bond donors (Lipinski definition) is 0. The van der Waals surface area contributed by atoms with Gasteiger partial charge in [-0.3, -0.25) is 4.90 Å². The standard InChI is InChI=1S/C23H27N3/c1-17-24-21-11-5-6-12-22(21)26(17)20-14-19-10-7-13-25(23(19)15-20)16-18-8-3-2-4-9-18/h2-6,8-9,11-12,19-20,23H,7,10,13-16H2,1H3. The first-order chi connectivity index (χ1) is 12.8. The molecule has 1 saturated heterocycles. The van der Waals surface area contributed by atoms with Gasteiger partial charge in [0.25, 0.3) is 0 Å². The number of hydrogen-bond acceptors (Lipinski definition) is 2. The van der Waals surface area contributed by atoms with Crippen molar-refractivity contribution in [3.05, 3.63) is 66.0 Å². The molecule has 1 aromatic heterocycles. The number of likely N-dealkylation sites (tertiary alicyclic amines) is 1. The molecule has 0 spiro atoms. The topological polar surface area (TPSA) is 21.1 Å². The van der Waals surface area contributed by atoms with Gasteiger partial charge in [0.15, 0.2) is 0 Å². The fourth-order valence-electron chi connectivity index (χ4n) is 5.40. The summed E-state index contributed by atoms with van der Waals surface area (Å²) in [6, 6.07) is 20.9. The van der Waals surface area contributed by atoms with Crippen LogP contribution in [-0.2, 0) is 6.54 Å². The summed E-state index contributed by atoms with van der Waals surface area (Å²) in [5.41, 5.74) is 3.89. The highest BCUT2D eigenvalue weighted by atomic mass is 15.2. The molecule has 1 saturated carbocycles. The molecule has 3 nitrogen and oxygen atoms in total. The third kappa shape index (κ3) is 2.75. The number of imidazole rings is 1. The first kappa shape index (κ1) is 16.1. The molecule has 3 atom stereocenters. The van der Waals surface area contributed by atoms with Crippen molar-refractivity contribution < 1.29 is 0 Å². The number of aromatic nitrogens is 2. The molecule has 3 unspecified atom stereocenters. The van der Waals surface area contributed by atoms with Crippen LogP contribution in [0.15, 0.2) is 54.6 Å². The van der Waals surface area contributed by atoms with Gasteiger partial charge in [-0.2, -0.15) is 0 Å². The number of para-hydroxylation sites is 2. The molecular weight excluding hydrogens is 318 g/mol. The van der Waals surface area contributed by atoms with Crippen LogP contribution in [0.1, 0.15) is 43.1 Å². The van der Waals surface area contributed by atoms with Gasteiger partial charge in [0.05, 0.1) is 11.0 Å². The van der Waals surface area contributed by atoms with Crippen LogP contribution in [0, 0.1) is 12.8 Å². The predicted octanol–water partition coefficient (Wildman–Crippen LogP) is 4.96. The molecule has 1 aliphatic heterocycles. The zero-order valence-electron chi connectivity index (χ0n) is 15.5. The number of piperidine rings is 1. The van der Waals surface area contributed by atoms with Crippen LogP contribution >= 0.6 is 0 Å². The number of aryl methyl sites for hydroxylation is 1. The Morgan fingerprint density at radius 2 is 1.81 bits per heavy atom. The largest absolute Gasteiger partial charge is 0.325 e. The molecule has 2 fully saturated rings. The van der Waals surface area contributed by atoms with E-state index in [-0.39, 0.29) is 0 Å². The molecule has 2 aromatic carbocycles. The predicted molar refractivity (Wildman–Crippen MR) is 106 cm³/mol. The van der Waals surface area contributed by atoms with Gasteiger partial charge in [0, 0.05) is 18.6 Å². The minimum Gasteiger partial charge on any atom is -0.325 e. The van der Waals surface area contributed by atoms with Crippen LogP contribution in [-0.4, -0.2) is 27.0 Å². The molecule has 3 heteroatoms. The Balaban J connectivity index is 1.42. The maximum absolute atomic E-state index is 4.81. The summed E-state index contributed by atoms with van der Waals surface area (Å²) in [7, 11) is 0. The van der Waals surface area contributed by atoms with E-state index in [0.29, 0.717) is 6.04 Å². The lowest BCUT2D eigenvalue weighted by molar-refractivity contribution is 0.105. The molecule has 2 heterocycles. The third-order valence-corrected chi connectivity index (χ3v) is 6.49. The Kier molecular flexibility index (Phi) is 4.05. The average Bonchev–Trinajstić information content (AvgIpc) is 3.23. The molecule has 5 rings (SSSR count). The van der Waals surface area contributed by atoms with Crippen LogP contribution in [0.3, 0.4) is 0 Å². The summed E-state index contributed by atoms with van der Waals surface area (Å²) in [6.07, 6.45) is 5.29. The van der Waals surface area contributed by atoms with Crippen LogP contribution in [0.5, 0.6) is 0 Å². The van der Waals surface area contributed by atoms with E-state index in [0.717, 1.165) is 24.0 Å². The highest BCUT2D eigenvalue weighted by molar-refractivity contribution is 5.76. The molecular formula is C23H27N3. The number of benzene rings is 2. The average molecular weight is 345 g/mol. The van der Waals surface area contributed by atoms with Crippen LogP contribution in [0.4, 0.5) is 0 Å². The smallest absolute Gasteiger partial charge is 0.106 e. The molecule has 26 heavy (non-hydrogen) atoms. The summed E-state index contributed by atoms with van der Waals surface area (Å²) in [5.74, 6) is 2.00. The minimum atomic E-state index is 0.591. The van der Waals surface area contributed by atoms with Crippen LogP contribution in [0.25, 0.3) is 11.0 Å². The molecule has 0 N–H and O–H groups in total. The summed E-state index contributed by atoms with van der Waals surface area (Å²) in [5, 5.41) is 0. The van der Waals surface area contributed by atoms with Crippen molar-refractivity contribution >= 4 is 11.0 Å². The molecule has 1 aliphatic carbocycles. The van der Waals surface area contributed by atoms with Crippen molar-refractivity contribution in [1.29, 1.82) is 0 Å². The number of fused-ring (bicyclic) bond motifs is 2. The van der Waals surface area contributed by atoms with E-state index in [4.69, 9.17) is 4.98 Å². The van der Waals surface area contributed by atoms with Gasteiger partial charge in [-0.15, -0.1) is 0 Å². The highest BCUT2D eigenvalue weighted by Crippen LogP contribution is 2.44. The maximum Gasteiger partial charge on any atom is 0.106 e. The zero-order chi connectivity index (χ0) is 17.5. The fourth-order valence-corrected chi connectivity index (χ4v) is 5.40. The maximum atomic E-state index is 4.81. The van der Waals surface area contributed by atoms with Crippen LogP contribution < -0.4 is 0 Å². The number of rotatable bonds is 3. The number of nitrogens with zero attached hydrogens (tertiary/aromatic N) is 3. The van der Waals surface area contributed by atoms with E-state index in [1.54, 1.807) is 0 Å². The van der Waals surface area contributed by atoms with Gasteiger partial charge >= 0.3 is 0 Å². The van der Waals surface area contributed by atoms with E-state index in [9.17, 15) is 0 Å². The van der Waals surface area contributed by atoms with Crippen molar-refractivity contribution in [2.24, 2.45) is 5.92 Å².